The molecule has 4 rings (SSSR count). The van der Waals surface area contributed by atoms with Crippen molar-refractivity contribution in [1.29, 1.82) is 0 Å². The van der Waals surface area contributed by atoms with Crippen molar-refractivity contribution in [2.45, 2.75) is 56.6 Å². The van der Waals surface area contributed by atoms with Crippen LogP contribution in [0, 0.1) is 0 Å². The van der Waals surface area contributed by atoms with Crippen LogP contribution in [-0.4, -0.2) is 35.4 Å². The van der Waals surface area contributed by atoms with Crippen LogP contribution in [0.1, 0.15) is 61.0 Å². The number of β-amino-alcohol motifs (C(OH)–C–C–N with tert-alkyl or cyclic N) is 1. The van der Waals surface area contributed by atoms with Crippen LogP contribution in [0.2, 0.25) is 0 Å². The molecule has 0 radical (unpaired) electrons. The molecule has 0 aromatic heterocycles. The van der Waals surface area contributed by atoms with E-state index in [1.165, 1.54) is 21.6 Å². The second-order valence-corrected chi connectivity index (χ2v) is 10.9. The Bertz CT molecular complexity index is 1110. The molecule has 0 aliphatic carbocycles. The van der Waals surface area contributed by atoms with E-state index in [2.05, 4.69) is 67.8 Å². The summed E-state index contributed by atoms with van der Waals surface area (Å²) in [6, 6.07) is 25.4. The van der Waals surface area contributed by atoms with Gasteiger partial charge in [-0.3, -0.25) is 0 Å². The van der Waals surface area contributed by atoms with Crippen molar-refractivity contribution in [3.05, 3.63) is 107 Å². The smallest absolute Gasteiger partial charge is 0.120 e. The van der Waals surface area contributed by atoms with Crippen molar-refractivity contribution >= 4 is 11.8 Å². The summed E-state index contributed by atoms with van der Waals surface area (Å²) in [6.45, 7) is 11.7. The predicted octanol–water partition coefficient (Wildman–Crippen LogP) is 7.41. The van der Waals surface area contributed by atoms with Gasteiger partial charge in [0.05, 0.1) is 6.10 Å². The maximum absolute atomic E-state index is 10.9. The van der Waals surface area contributed by atoms with Crippen molar-refractivity contribution in [3.8, 4) is 5.75 Å². The SMILES string of the molecule is C=C(C)C(CC)c1ccc(SCCCN2CCc3cc(OCc4ccccc4)ccc3C(O)C2)cc1. The quantitative estimate of drug-likeness (QED) is 0.168. The van der Waals surface area contributed by atoms with E-state index in [0.717, 1.165) is 55.0 Å². The Morgan fingerprint density at radius 2 is 1.89 bits per heavy atom. The van der Waals surface area contributed by atoms with Gasteiger partial charge in [-0.25, -0.2) is 0 Å². The number of thioether (sulfide) groups is 1. The summed E-state index contributed by atoms with van der Waals surface area (Å²) in [4.78, 5) is 3.72. The number of rotatable bonds is 11. The Balaban J connectivity index is 1.24. The third-order valence-electron chi connectivity index (χ3n) is 7.02. The molecule has 1 N–H and O–H groups in total. The molecule has 1 aliphatic heterocycles. The molecule has 0 saturated carbocycles. The minimum atomic E-state index is -0.453. The average molecular weight is 502 g/mol. The highest BCUT2D eigenvalue weighted by Crippen LogP contribution is 2.30. The van der Waals surface area contributed by atoms with Gasteiger partial charge in [-0.1, -0.05) is 67.6 Å². The van der Waals surface area contributed by atoms with Crippen molar-refractivity contribution in [1.82, 2.24) is 4.90 Å². The number of hydrogen-bond donors (Lipinski definition) is 1. The lowest BCUT2D eigenvalue weighted by atomic mass is 9.91. The molecule has 190 valence electrons. The van der Waals surface area contributed by atoms with Crippen LogP contribution in [0.5, 0.6) is 5.75 Å². The molecule has 1 aliphatic rings. The zero-order valence-electron chi connectivity index (χ0n) is 21.7. The maximum atomic E-state index is 10.9. The number of aliphatic hydroxyl groups excluding tert-OH is 1. The highest BCUT2D eigenvalue weighted by Gasteiger charge is 2.21. The molecule has 1 heterocycles. The van der Waals surface area contributed by atoms with Gasteiger partial charge in [0.25, 0.3) is 0 Å². The number of aliphatic hydroxyl groups is 1. The van der Waals surface area contributed by atoms with E-state index >= 15 is 0 Å². The fraction of sp³-hybridized carbons (Fsp3) is 0.375. The number of allylic oxidation sites excluding steroid dienone is 1. The summed E-state index contributed by atoms with van der Waals surface area (Å²) in [5.74, 6) is 2.40. The highest BCUT2D eigenvalue weighted by molar-refractivity contribution is 7.99. The van der Waals surface area contributed by atoms with Gasteiger partial charge in [-0.2, -0.15) is 0 Å². The maximum Gasteiger partial charge on any atom is 0.120 e. The van der Waals surface area contributed by atoms with E-state index in [4.69, 9.17) is 4.74 Å². The van der Waals surface area contributed by atoms with Crippen molar-refractivity contribution in [3.63, 3.8) is 0 Å². The lowest BCUT2D eigenvalue weighted by Crippen LogP contribution is -2.29. The molecule has 3 nitrogen and oxygen atoms in total. The van der Waals surface area contributed by atoms with E-state index in [1.807, 2.05) is 42.1 Å². The first-order valence-corrected chi connectivity index (χ1v) is 14.1. The minimum absolute atomic E-state index is 0.453. The molecule has 0 spiro atoms. The summed E-state index contributed by atoms with van der Waals surface area (Å²) >= 11 is 1.92. The number of nitrogens with zero attached hydrogens (tertiary/aromatic N) is 1. The van der Waals surface area contributed by atoms with Crippen molar-refractivity contribution < 1.29 is 9.84 Å². The largest absolute Gasteiger partial charge is 0.489 e. The zero-order chi connectivity index (χ0) is 25.3. The molecular formula is C32H39NO2S. The van der Waals surface area contributed by atoms with Gasteiger partial charge < -0.3 is 14.7 Å². The second kappa shape index (κ2) is 13.1. The van der Waals surface area contributed by atoms with E-state index in [1.54, 1.807) is 0 Å². The Hall–Kier alpha value is -2.53. The lowest BCUT2D eigenvalue weighted by molar-refractivity contribution is 0.120. The van der Waals surface area contributed by atoms with E-state index in [0.29, 0.717) is 19.1 Å². The Morgan fingerprint density at radius 1 is 1.11 bits per heavy atom. The van der Waals surface area contributed by atoms with E-state index in [9.17, 15) is 5.11 Å². The fourth-order valence-electron chi connectivity index (χ4n) is 5.01. The zero-order valence-corrected chi connectivity index (χ0v) is 22.5. The molecule has 0 amide bonds. The molecule has 2 atom stereocenters. The third kappa shape index (κ3) is 7.25. The van der Waals surface area contributed by atoms with Gasteiger partial charge in [0.15, 0.2) is 0 Å². The van der Waals surface area contributed by atoms with Gasteiger partial charge in [-0.15, -0.1) is 11.8 Å². The Kier molecular flexibility index (Phi) is 9.68. The van der Waals surface area contributed by atoms with Gasteiger partial charge in [0.1, 0.15) is 12.4 Å². The lowest BCUT2D eigenvalue weighted by Gasteiger charge is -2.22. The van der Waals surface area contributed by atoms with Crippen molar-refractivity contribution in [2.24, 2.45) is 0 Å². The predicted molar refractivity (Wildman–Crippen MR) is 152 cm³/mol. The Morgan fingerprint density at radius 3 is 2.61 bits per heavy atom. The fourth-order valence-corrected chi connectivity index (χ4v) is 5.85. The molecule has 3 aromatic carbocycles. The van der Waals surface area contributed by atoms with E-state index in [-0.39, 0.29) is 0 Å². The Labute approximate surface area is 221 Å². The molecule has 4 heteroatoms. The normalized spacial score (nSPS) is 16.7. The first-order valence-electron chi connectivity index (χ1n) is 13.1. The van der Waals surface area contributed by atoms with Gasteiger partial charge in [-0.05, 0) is 85.0 Å². The average Bonchev–Trinajstić information content (AvgIpc) is 3.05. The molecule has 3 aromatic rings. The number of benzene rings is 3. The van der Waals surface area contributed by atoms with Crippen LogP contribution in [0.3, 0.4) is 0 Å². The second-order valence-electron chi connectivity index (χ2n) is 9.78. The molecule has 36 heavy (non-hydrogen) atoms. The van der Waals surface area contributed by atoms with Crippen LogP contribution in [0.4, 0.5) is 0 Å². The van der Waals surface area contributed by atoms with Crippen LogP contribution >= 0.6 is 11.8 Å². The third-order valence-corrected chi connectivity index (χ3v) is 8.12. The highest BCUT2D eigenvalue weighted by atomic mass is 32.2. The summed E-state index contributed by atoms with van der Waals surface area (Å²) in [6.07, 6.45) is 2.68. The molecule has 0 bridgehead atoms. The number of hydrogen-bond acceptors (Lipinski definition) is 4. The molecular weight excluding hydrogens is 462 g/mol. The van der Waals surface area contributed by atoms with Crippen molar-refractivity contribution in [2.75, 3.05) is 25.4 Å². The topological polar surface area (TPSA) is 32.7 Å². The summed E-state index contributed by atoms with van der Waals surface area (Å²) in [5.41, 5.74) is 5.99. The summed E-state index contributed by atoms with van der Waals surface area (Å²) in [7, 11) is 0. The standard InChI is InChI=1S/C32H39NO2S/c1-4-30(24(2)3)26-11-14-29(15-12-26)36-20-8-18-33-19-17-27-21-28(13-16-31(27)32(34)22-33)35-23-25-9-6-5-7-10-25/h5-7,9-16,21,30,32,34H,2,4,8,17-20,22-23H2,1,3H3. The monoisotopic (exact) mass is 501 g/mol. The molecule has 0 saturated heterocycles. The van der Waals surface area contributed by atoms with Gasteiger partial charge in [0.2, 0.25) is 0 Å². The first-order chi connectivity index (χ1) is 17.5. The summed E-state index contributed by atoms with van der Waals surface area (Å²) in [5, 5.41) is 10.9. The number of fused-ring (bicyclic) bond motifs is 1. The molecule has 2 unspecified atom stereocenters. The minimum Gasteiger partial charge on any atom is -0.489 e. The van der Waals surface area contributed by atoms with Gasteiger partial charge in [0, 0.05) is 23.9 Å². The van der Waals surface area contributed by atoms with Crippen LogP contribution in [0.15, 0.2) is 89.8 Å². The summed E-state index contributed by atoms with van der Waals surface area (Å²) < 4.78 is 6.02. The first kappa shape index (κ1) is 26.5. The van der Waals surface area contributed by atoms with Crippen LogP contribution in [0.25, 0.3) is 0 Å². The van der Waals surface area contributed by atoms with E-state index < -0.39 is 6.10 Å². The van der Waals surface area contributed by atoms with Crippen LogP contribution in [-0.2, 0) is 13.0 Å². The van der Waals surface area contributed by atoms with Gasteiger partial charge >= 0.3 is 0 Å². The van der Waals surface area contributed by atoms with Crippen LogP contribution < -0.4 is 4.74 Å². The number of ether oxygens (including phenoxy) is 1. The molecule has 0 fully saturated rings.